The summed E-state index contributed by atoms with van der Waals surface area (Å²) >= 11 is 0. The van der Waals surface area contributed by atoms with Gasteiger partial charge in [0.05, 0.1) is 12.6 Å². The van der Waals surface area contributed by atoms with Crippen molar-refractivity contribution in [2.24, 2.45) is 11.8 Å². The van der Waals surface area contributed by atoms with Gasteiger partial charge in [0.2, 0.25) is 5.91 Å². The fourth-order valence-electron chi connectivity index (χ4n) is 3.32. The monoisotopic (exact) mass is 444 g/mol. The number of amides is 2. The number of hydrogen-bond donors (Lipinski definition) is 3. The van der Waals surface area contributed by atoms with Gasteiger partial charge in [-0.2, -0.15) is 0 Å². The Hall–Kier alpha value is -2.94. The Morgan fingerprint density at radius 3 is 2.22 bits per heavy atom. The molecule has 2 aromatic rings. The number of para-hydroxylation sites is 1. The van der Waals surface area contributed by atoms with Gasteiger partial charge in [0.15, 0.2) is 0 Å². The van der Waals surface area contributed by atoms with Gasteiger partial charge in [-0.1, -0.05) is 32.0 Å². The molecule has 2 amide bonds. The van der Waals surface area contributed by atoms with Crippen LogP contribution in [-0.2, 0) is 14.3 Å². The summed E-state index contributed by atoms with van der Waals surface area (Å²) < 4.78 is 16.1. The molecule has 32 heavy (non-hydrogen) atoms. The molecule has 0 spiro atoms. The molecule has 0 aromatic heterocycles. The number of methoxy groups -OCH3 is 1. The lowest BCUT2D eigenvalue weighted by atomic mass is 9.90. The highest BCUT2D eigenvalue weighted by Gasteiger charge is 2.25. The van der Waals surface area contributed by atoms with E-state index in [4.69, 9.17) is 19.4 Å². The van der Waals surface area contributed by atoms with Crippen molar-refractivity contribution in [3.05, 3.63) is 60.2 Å². The number of carbonyl (C=O) groups is 2. The minimum Gasteiger partial charge on any atom is -0.457 e. The van der Waals surface area contributed by atoms with E-state index in [0.29, 0.717) is 29.9 Å². The Labute approximate surface area is 188 Å². The van der Waals surface area contributed by atoms with E-state index in [1.54, 1.807) is 29.7 Å². The van der Waals surface area contributed by atoms with E-state index in [2.05, 4.69) is 5.32 Å². The quantitative estimate of drug-likeness (QED) is 0.188. The van der Waals surface area contributed by atoms with Crippen molar-refractivity contribution < 1.29 is 29.0 Å². The van der Waals surface area contributed by atoms with Crippen LogP contribution in [0, 0.1) is 11.8 Å². The first-order valence-corrected chi connectivity index (χ1v) is 10.6. The molecular weight excluding hydrogens is 412 g/mol. The van der Waals surface area contributed by atoms with Crippen molar-refractivity contribution in [3.8, 4) is 11.5 Å². The second kappa shape index (κ2) is 13.5. The summed E-state index contributed by atoms with van der Waals surface area (Å²) in [6, 6.07) is 15.7. The van der Waals surface area contributed by atoms with E-state index in [1.807, 2.05) is 44.2 Å². The van der Waals surface area contributed by atoms with Gasteiger partial charge in [-0.25, -0.2) is 5.48 Å². The topological polar surface area (TPSA) is 106 Å². The first kappa shape index (κ1) is 25.3. The lowest BCUT2D eigenvalue weighted by Crippen LogP contribution is -2.42. The molecule has 2 rings (SSSR count). The summed E-state index contributed by atoms with van der Waals surface area (Å²) in [5.41, 5.74) is 2.18. The van der Waals surface area contributed by atoms with E-state index in [9.17, 15) is 9.59 Å². The van der Waals surface area contributed by atoms with Crippen LogP contribution < -0.4 is 15.5 Å². The normalized spacial score (nSPS) is 12.8. The second-order valence-corrected chi connectivity index (χ2v) is 7.93. The van der Waals surface area contributed by atoms with E-state index in [1.165, 1.54) is 7.11 Å². The fourth-order valence-corrected chi connectivity index (χ4v) is 3.32. The van der Waals surface area contributed by atoms with Gasteiger partial charge in [0.1, 0.15) is 18.3 Å². The molecule has 2 atom stereocenters. The van der Waals surface area contributed by atoms with Crippen LogP contribution in [-0.4, -0.2) is 43.6 Å². The van der Waals surface area contributed by atoms with Gasteiger partial charge in [-0.3, -0.25) is 14.8 Å². The van der Waals surface area contributed by atoms with Gasteiger partial charge < -0.3 is 19.5 Å². The Morgan fingerprint density at radius 2 is 1.62 bits per heavy atom. The molecule has 8 heteroatoms. The summed E-state index contributed by atoms with van der Waals surface area (Å²) in [6.45, 7) is 4.22. The molecule has 0 aliphatic carbocycles. The van der Waals surface area contributed by atoms with E-state index in [-0.39, 0.29) is 25.2 Å². The zero-order valence-electron chi connectivity index (χ0n) is 18.7. The number of benzene rings is 2. The molecule has 0 bridgehead atoms. The van der Waals surface area contributed by atoms with Crippen LogP contribution in [0.5, 0.6) is 11.5 Å². The zero-order chi connectivity index (χ0) is 23.3. The van der Waals surface area contributed by atoms with Crippen molar-refractivity contribution in [1.29, 1.82) is 0 Å². The average molecular weight is 445 g/mol. The molecular formula is C24H32N2O6. The molecule has 0 unspecified atom stereocenters. The van der Waals surface area contributed by atoms with Gasteiger partial charge in [0, 0.05) is 18.6 Å². The van der Waals surface area contributed by atoms with Crippen LogP contribution in [0.3, 0.4) is 0 Å². The number of hydrogen-bond acceptors (Lipinski definition) is 6. The van der Waals surface area contributed by atoms with Crippen molar-refractivity contribution >= 4 is 11.8 Å². The standard InChI is InChI=1S/C24H32N2O6/c1-17(2)13-19(24(28)26-29)14-20(15-31-16-30-3)25-23(27)18-9-11-22(12-10-18)32-21-7-5-4-6-8-21/h4-12,17,19-20,29H,13-16H2,1-3H3,(H,25,27)(H,26,28)/t19-,20-/m0/s1. The number of hydroxylamine groups is 1. The molecule has 0 radical (unpaired) electrons. The SMILES string of the molecule is COCOC[C@H](C[C@H](CC(C)C)C(=O)NO)NC(=O)c1ccc(Oc2ccccc2)cc1. The van der Waals surface area contributed by atoms with E-state index < -0.39 is 17.9 Å². The van der Waals surface area contributed by atoms with Gasteiger partial charge in [0.25, 0.3) is 5.91 Å². The van der Waals surface area contributed by atoms with Crippen LogP contribution in [0.25, 0.3) is 0 Å². The molecule has 8 nitrogen and oxygen atoms in total. The summed E-state index contributed by atoms with van der Waals surface area (Å²) in [7, 11) is 1.51. The lowest BCUT2D eigenvalue weighted by molar-refractivity contribution is -0.134. The molecule has 2 aromatic carbocycles. The maximum Gasteiger partial charge on any atom is 0.251 e. The third-order valence-electron chi connectivity index (χ3n) is 4.76. The van der Waals surface area contributed by atoms with Crippen LogP contribution in [0.1, 0.15) is 37.0 Å². The zero-order valence-corrected chi connectivity index (χ0v) is 18.7. The lowest BCUT2D eigenvalue weighted by Gasteiger charge is -2.24. The van der Waals surface area contributed by atoms with Crippen molar-refractivity contribution in [2.75, 3.05) is 20.5 Å². The molecule has 0 saturated heterocycles. The second-order valence-electron chi connectivity index (χ2n) is 7.93. The molecule has 3 N–H and O–H groups in total. The van der Waals surface area contributed by atoms with Gasteiger partial charge in [-0.05, 0) is 55.2 Å². The van der Waals surface area contributed by atoms with Crippen molar-refractivity contribution in [3.63, 3.8) is 0 Å². The minimum absolute atomic E-state index is 0.0684. The smallest absolute Gasteiger partial charge is 0.251 e. The predicted molar refractivity (Wildman–Crippen MR) is 120 cm³/mol. The Kier molecular flexibility index (Phi) is 10.7. The molecule has 0 aliphatic heterocycles. The third-order valence-corrected chi connectivity index (χ3v) is 4.76. The number of carbonyl (C=O) groups excluding carboxylic acids is 2. The van der Waals surface area contributed by atoms with Crippen LogP contribution in [0.15, 0.2) is 54.6 Å². The van der Waals surface area contributed by atoms with Gasteiger partial charge in [-0.15, -0.1) is 0 Å². The van der Waals surface area contributed by atoms with Crippen LogP contribution >= 0.6 is 0 Å². The molecule has 0 heterocycles. The molecule has 174 valence electrons. The fraction of sp³-hybridized carbons (Fsp3) is 0.417. The minimum atomic E-state index is -0.480. The van der Waals surface area contributed by atoms with Gasteiger partial charge >= 0.3 is 0 Å². The Bertz CT molecular complexity index is 826. The van der Waals surface area contributed by atoms with Crippen molar-refractivity contribution in [1.82, 2.24) is 10.8 Å². The largest absolute Gasteiger partial charge is 0.457 e. The average Bonchev–Trinajstić information content (AvgIpc) is 2.79. The Balaban J connectivity index is 2.04. The molecule has 0 saturated carbocycles. The van der Waals surface area contributed by atoms with E-state index in [0.717, 1.165) is 0 Å². The predicted octanol–water partition coefficient (Wildman–Crippen LogP) is 3.76. The first-order chi connectivity index (χ1) is 15.4. The van der Waals surface area contributed by atoms with E-state index >= 15 is 0 Å². The number of nitrogens with one attached hydrogen (secondary N) is 2. The van der Waals surface area contributed by atoms with Crippen molar-refractivity contribution in [2.45, 2.75) is 32.7 Å². The third kappa shape index (κ3) is 8.66. The summed E-state index contributed by atoms with van der Waals surface area (Å²) in [5, 5.41) is 12.0. The maximum absolute atomic E-state index is 12.8. The summed E-state index contributed by atoms with van der Waals surface area (Å²) in [4.78, 5) is 24.9. The van der Waals surface area contributed by atoms with Crippen LogP contribution in [0.2, 0.25) is 0 Å². The van der Waals surface area contributed by atoms with Crippen LogP contribution in [0.4, 0.5) is 0 Å². The highest BCUT2D eigenvalue weighted by Crippen LogP contribution is 2.22. The summed E-state index contributed by atoms with van der Waals surface area (Å²) in [6.07, 6.45) is 0.879. The molecule has 0 aliphatic rings. The number of rotatable bonds is 13. The highest BCUT2D eigenvalue weighted by atomic mass is 16.7. The summed E-state index contributed by atoms with van der Waals surface area (Å²) in [5.74, 6) is 0.314. The first-order valence-electron chi connectivity index (χ1n) is 10.6. The Morgan fingerprint density at radius 1 is 0.969 bits per heavy atom. The maximum atomic E-state index is 12.8. The number of ether oxygens (including phenoxy) is 3. The molecule has 0 fully saturated rings. The highest BCUT2D eigenvalue weighted by molar-refractivity contribution is 5.94.